The van der Waals surface area contributed by atoms with E-state index in [1.807, 2.05) is 42.4 Å². The Morgan fingerprint density at radius 2 is 1.38 bits per heavy atom. The van der Waals surface area contributed by atoms with E-state index in [4.69, 9.17) is 4.74 Å². The number of carbonyl (C=O) groups excluding carboxylic acids is 3. The van der Waals surface area contributed by atoms with E-state index in [1.54, 1.807) is 0 Å². The predicted octanol–water partition coefficient (Wildman–Crippen LogP) is 1.14. The van der Waals surface area contributed by atoms with Crippen LogP contribution in [0.25, 0.3) is 0 Å². The molecule has 0 atom stereocenters. The van der Waals surface area contributed by atoms with Gasteiger partial charge >= 0.3 is 5.97 Å². The normalized spacial score (nSPS) is 26.4. The number of ether oxygens (including phenoxy) is 1. The molecule has 1 aliphatic carbocycles. The first kappa shape index (κ1) is 22.8. The molecule has 176 valence electrons. The maximum Gasteiger partial charge on any atom is 0.302 e. The Morgan fingerprint density at radius 1 is 0.906 bits per heavy atom. The van der Waals surface area contributed by atoms with Crippen molar-refractivity contribution in [2.45, 2.75) is 64.6 Å². The molecule has 0 aromatic rings. The molecule has 5 aliphatic rings. The summed E-state index contributed by atoms with van der Waals surface area (Å²) in [4.78, 5) is 41.4. The van der Waals surface area contributed by atoms with Crippen molar-refractivity contribution in [3.8, 4) is 0 Å². The fraction of sp³-hybridized carbons (Fsp3) is 0.696. The van der Waals surface area contributed by atoms with Crippen LogP contribution >= 0.6 is 0 Å². The zero-order valence-electron chi connectivity index (χ0n) is 19.7. The molecule has 1 N–H and O–H groups in total. The summed E-state index contributed by atoms with van der Waals surface area (Å²) >= 11 is 0. The van der Waals surface area contributed by atoms with Crippen molar-refractivity contribution in [2.75, 3.05) is 39.3 Å². The number of hydrogen-bond acceptors (Lipinski definition) is 9. The minimum atomic E-state index is -0.359. The standard InChI is InChI=1S/C12H13N3O2.C11H21NO3/c16-9-7-8(13-1-2-13)12(17)11(15-5-6-15)10(9)14-3-4-14;1-8(13)15-9-6-10(2,3)12(14)11(4,5)7-9/h7H,1-6H2;9,14H,6-7H2,1-5H3. The quantitative estimate of drug-likeness (QED) is 0.388. The summed E-state index contributed by atoms with van der Waals surface area (Å²) in [6.45, 7) is 14.6. The van der Waals surface area contributed by atoms with Crippen LogP contribution in [-0.4, -0.2) is 99.0 Å². The molecule has 0 spiro atoms. The summed E-state index contributed by atoms with van der Waals surface area (Å²) in [5.41, 5.74) is 1.17. The minimum Gasteiger partial charge on any atom is -0.462 e. The molecule has 4 fully saturated rings. The molecule has 4 heterocycles. The second kappa shape index (κ2) is 7.88. The van der Waals surface area contributed by atoms with E-state index >= 15 is 0 Å². The average Bonchev–Trinajstić information content (AvgIpc) is 3.53. The van der Waals surface area contributed by atoms with Gasteiger partial charge in [-0.3, -0.25) is 14.4 Å². The van der Waals surface area contributed by atoms with Gasteiger partial charge in [0.15, 0.2) is 0 Å². The highest BCUT2D eigenvalue weighted by atomic mass is 16.5. The van der Waals surface area contributed by atoms with E-state index in [0.29, 0.717) is 29.9 Å². The maximum absolute atomic E-state index is 12.4. The third-order valence-electron chi connectivity index (χ3n) is 6.42. The molecule has 0 aromatic carbocycles. The van der Waals surface area contributed by atoms with Crippen LogP contribution in [0.5, 0.6) is 0 Å². The van der Waals surface area contributed by atoms with Crippen LogP contribution in [0.2, 0.25) is 0 Å². The summed E-state index contributed by atoms with van der Waals surface area (Å²) in [5.74, 6) is -0.203. The minimum absolute atomic E-state index is 0.00546. The lowest BCUT2D eigenvalue weighted by atomic mass is 9.80. The SMILES string of the molecule is CC(=O)OC1CC(C)(C)N(O)C(C)(C)C1.O=C1C=C(N2CC2)C(=O)C(N2CC2)=C1N1CC1. The van der Waals surface area contributed by atoms with Crippen LogP contribution in [0, 0.1) is 0 Å². The van der Waals surface area contributed by atoms with Gasteiger partial charge in [-0.15, -0.1) is 0 Å². The molecule has 0 bridgehead atoms. The van der Waals surface area contributed by atoms with Gasteiger partial charge in [-0.25, -0.2) is 0 Å². The Balaban J connectivity index is 0.000000155. The highest BCUT2D eigenvalue weighted by molar-refractivity contribution is 6.22. The number of allylic oxidation sites excluding steroid dienone is 1. The van der Waals surface area contributed by atoms with Crippen LogP contribution < -0.4 is 0 Å². The molecule has 32 heavy (non-hydrogen) atoms. The zero-order chi connectivity index (χ0) is 23.4. The van der Waals surface area contributed by atoms with Crippen molar-refractivity contribution in [3.05, 3.63) is 23.2 Å². The van der Waals surface area contributed by atoms with Gasteiger partial charge in [-0.05, 0) is 27.7 Å². The molecular formula is C23H34N4O5. The molecule has 0 aromatic heterocycles. The molecule has 0 radical (unpaired) electrons. The number of ketones is 2. The van der Waals surface area contributed by atoms with E-state index in [0.717, 1.165) is 39.3 Å². The van der Waals surface area contributed by atoms with Crippen LogP contribution in [0.15, 0.2) is 23.2 Å². The van der Waals surface area contributed by atoms with Crippen molar-refractivity contribution < 1.29 is 24.3 Å². The smallest absolute Gasteiger partial charge is 0.302 e. The molecule has 9 nitrogen and oxygen atoms in total. The lowest BCUT2D eigenvalue weighted by Crippen LogP contribution is -2.60. The van der Waals surface area contributed by atoms with E-state index in [2.05, 4.69) is 0 Å². The van der Waals surface area contributed by atoms with E-state index < -0.39 is 0 Å². The fourth-order valence-electron chi connectivity index (χ4n) is 4.77. The predicted molar refractivity (Wildman–Crippen MR) is 116 cm³/mol. The third-order valence-corrected chi connectivity index (χ3v) is 6.42. The van der Waals surface area contributed by atoms with Gasteiger partial charge in [-0.1, -0.05) is 0 Å². The van der Waals surface area contributed by atoms with Gasteiger partial charge < -0.3 is 24.6 Å². The number of nitrogens with zero attached hydrogens (tertiary/aromatic N) is 4. The second-order valence-corrected chi connectivity index (χ2v) is 10.5. The number of carbonyl (C=O) groups is 3. The Bertz CT molecular complexity index is 876. The second-order valence-electron chi connectivity index (χ2n) is 10.5. The van der Waals surface area contributed by atoms with Gasteiger partial charge in [0.25, 0.3) is 0 Å². The molecule has 4 aliphatic heterocycles. The summed E-state index contributed by atoms with van der Waals surface area (Å²) in [5, 5.41) is 11.4. The van der Waals surface area contributed by atoms with Crippen molar-refractivity contribution in [1.82, 2.24) is 19.8 Å². The Labute approximate surface area is 189 Å². The zero-order valence-corrected chi connectivity index (χ0v) is 19.7. The highest BCUT2D eigenvalue weighted by Crippen LogP contribution is 2.38. The number of esters is 1. The number of hydroxylamine groups is 2. The van der Waals surface area contributed by atoms with Gasteiger partial charge in [-0.2, -0.15) is 5.06 Å². The van der Waals surface area contributed by atoms with Crippen LogP contribution in [0.4, 0.5) is 0 Å². The molecule has 4 saturated heterocycles. The van der Waals surface area contributed by atoms with Crippen molar-refractivity contribution in [1.29, 1.82) is 0 Å². The Kier molecular flexibility index (Phi) is 5.61. The topological polar surface area (TPSA) is 92.9 Å². The van der Waals surface area contributed by atoms with E-state index in [9.17, 15) is 19.6 Å². The summed E-state index contributed by atoms with van der Waals surface area (Å²) in [7, 11) is 0. The lowest BCUT2D eigenvalue weighted by Gasteiger charge is -2.50. The van der Waals surface area contributed by atoms with Gasteiger partial charge in [0, 0.05) is 76.2 Å². The maximum atomic E-state index is 12.4. The summed E-state index contributed by atoms with van der Waals surface area (Å²) in [6, 6.07) is 0. The molecule has 0 unspecified atom stereocenters. The van der Waals surface area contributed by atoms with Crippen LogP contribution in [0.1, 0.15) is 47.5 Å². The number of Topliss-reactive ketones (excluding diaryl/α,β-unsaturated/α-hetero) is 1. The highest BCUT2D eigenvalue weighted by Gasteiger charge is 2.46. The van der Waals surface area contributed by atoms with Gasteiger partial charge in [0.05, 0.1) is 5.70 Å². The molecular weight excluding hydrogens is 412 g/mol. The van der Waals surface area contributed by atoms with Gasteiger partial charge in [0.2, 0.25) is 11.6 Å². The van der Waals surface area contributed by atoms with Crippen molar-refractivity contribution in [2.24, 2.45) is 0 Å². The van der Waals surface area contributed by atoms with E-state index in [-0.39, 0.29) is 34.7 Å². The van der Waals surface area contributed by atoms with Crippen LogP contribution in [-0.2, 0) is 19.1 Å². The summed E-state index contributed by atoms with van der Waals surface area (Å²) < 4.78 is 5.23. The fourth-order valence-corrected chi connectivity index (χ4v) is 4.77. The van der Waals surface area contributed by atoms with Crippen molar-refractivity contribution in [3.63, 3.8) is 0 Å². The third kappa shape index (κ3) is 4.68. The monoisotopic (exact) mass is 446 g/mol. The molecule has 5 rings (SSSR count). The first-order chi connectivity index (χ1) is 14.9. The first-order valence-corrected chi connectivity index (χ1v) is 11.4. The van der Waals surface area contributed by atoms with Gasteiger partial charge in [0.1, 0.15) is 17.5 Å². The molecule has 0 amide bonds. The van der Waals surface area contributed by atoms with Crippen molar-refractivity contribution >= 4 is 17.5 Å². The molecule has 0 saturated carbocycles. The van der Waals surface area contributed by atoms with E-state index in [1.165, 1.54) is 18.1 Å². The Hall–Kier alpha value is -2.39. The molecule has 9 heteroatoms. The average molecular weight is 447 g/mol. The van der Waals surface area contributed by atoms with Crippen LogP contribution in [0.3, 0.4) is 0 Å². The first-order valence-electron chi connectivity index (χ1n) is 11.4. The largest absolute Gasteiger partial charge is 0.462 e. The number of hydrogen-bond donors (Lipinski definition) is 1. The summed E-state index contributed by atoms with van der Waals surface area (Å²) in [6.07, 6.45) is 2.74. The number of piperidine rings is 1. The Morgan fingerprint density at radius 3 is 1.81 bits per heavy atom. The number of rotatable bonds is 4. The lowest BCUT2D eigenvalue weighted by molar-refractivity contribution is -0.259.